The number of amides is 4. The fraction of sp³-hybridized carbons (Fsp3) is 0.455. The van der Waals surface area contributed by atoms with Crippen LogP contribution in [-0.2, 0) is 19.1 Å². The molecular weight excluding hydrogens is 737 g/mol. The van der Waals surface area contributed by atoms with Crippen molar-refractivity contribution in [3.8, 4) is 22.3 Å². The van der Waals surface area contributed by atoms with Crippen molar-refractivity contribution in [1.29, 1.82) is 0 Å². The first-order valence-electron chi connectivity index (χ1n) is 20.2. The number of nitrogens with zero attached hydrogens (tertiary/aromatic N) is 4. The zero-order valence-electron chi connectivity index (χ0n) is 34.6. The molecule has 0 bridgehead atoms. The highest BCUT2D eigenvalue weighted by Gasteiger charge is 2.39. The lowest BCUT2D eigenvalue weighted by Crippen LogP contribution is -2.51. The third kappa shape index (κ3) is 7.84. The summed E-state index contributed by atoms with van der Waals surface area (Å²) in [6.07, 6.45) is 2.00. The molecular formula is C44H54N8O6. The number of alkyl carbamates (subject to hydrolysis) is 2. The number of aryl methyl sites for hydroxylation is 2. The molecule has 0 aliphatic carbocycles. The van der Waals surface area contributed by atoms with Gasteiger partial charge in [-0.2, -0.15) is 0 Å². The van der Waals surface area contributed by atoms with E-state index in [1.54, 1.807) is 0 Å². The molecule has 58 heavy (non-hydrogen) atoms. The van der Waals surface area contributed by atoms with Crippen LogP contribution in [0.15, 0.2) is 48.5 Å². The minimum Gasteiger partial charge on any atom is -0.453 e. The summed E-state index contributed by atoms with van der Waals surface area (Å²) < 4.78 is 9.57. The summed E-state index contributed by atoms with van der Waals surface area (Å²) in [5.41, 5.74) is 9.97. The smallest absolute Gasteiger partial charge is 0.407 e. The second kappa shape index (κ2) is 16.5. The molecule has 2 aromatic heterocycles. The second-order valence-electron chi connectivity index (χ2n) is 16.3. The summed E-state index contributed by atoms with van der Waals surface area (Å²) in [5.74, 6) is 0.975. The number of fused-ring (bicyclic) bond motifs is 2. The van der Waals surface area contributed by atoms with Gasteiger partial charge in [-0.05, 0) is 109 Å². The van der Waals surface area contributed by atoms with Crippen molar-refractivity contribution in [2.24, 2.45) is 11.8 Å². The molecule has 2 saturated heterocycles. The Balaban J connectivity index is 1.11. The highest BCUT2D eigenvalue weighted by atomic mass is 16.5. The normalized spacial score (nSPS) is 18.0. The molecule has 2 aliphatic heterocycles. The van der Waals surface area contributed by atoms with E-state index in [0.29, 0.717) is 13.1 Å². The first kappa shape index (κ1) is 40.3. The summed E-state index contributed by atoms with van der Waals surface area (Å²) in [5, 5.41) is 5.43. The number of hydrogen-bond donors (Lipinski definition) is 4. The van der Waals surface area contributed by atoms with Gasteiger partial charge in [0.15, 0.2) is 0 Å². The van der Waals surface area contributed by atoms with Crippen molar-refractivity contribution < 1.29 is 28.7 Å². The lowest BCUT2D eigenvalue weighted by Gasteiger charge is -2.29. The molecule has 3 aromatic carbocycles. The van der Waals surface area contributed by atoms with Crippen LogP contribution >= 0.6 is 0 Å². The largest absolute Gasteiger partial charge is 0.453 e. The van der Waals surface area contributed by atoms with Crippen LogP contribution in [0.25, 0.3) is 44.3 Å². The van der Waals surface area contributed by atoms with Crippen LogP contribution in [-0.4, -0.2) is 93.1 Å². The number of H-pyrrole nitrogens is 2. The Morgan fingerprint density at radius 1 is 0.655 bits per heavy atom. The number of nitrogens with one attached hydrogen (secondary N) is 4. The number of ether oxygens (including phenoxy) is 2. The van der Waals surface area contributed by atoms with Gasteiger partial charge in [-0.1, -0.05) is 52.0 Å². The number of carbonyl (C=O) groups is 4. The Morgan fingerprint density at radius 2 is 1.05 bits per heavy atom. The van der Waals surface area contributed by atoms with Gasteiger partial charge in [0.05, 0.1) is 48.4 Å². The zero-order chi connectivity index (χ0) is 41.4. The van der Waals surface area contributed by atoms with E-state index < -0.39 is 24.3 Å². The van der Waals surface area contributed by atoms with E-state index in [4.69, 9.17) is 19.4 Å². The molecule has 1 unspecified atom stereocenters. The Morgan fingerprint density at radius 3 is 1.41 bits per heavy atom. The second-order valence-corrected chi connectivity index (χ2v) is 16.3. The topological polar surface area (TPSA) is 175 Å². The Labute approximate surface area is 338 Å². The van der Waals surface area contributed by atoms with Gasteiger partial charge in [0, 0.05) is 13.1 Å². The molecule has 14 heteroatoms. The molecule has 14 nitrogen and oxygen atoms in total. The average Bonchev–Trinajstić information content (AvgIpc) is 4.03. The minimum atomic E-state index is -0.695. The van der Waals surface area contributed by atoms with Crippen molar-refractivity contribution in [3.63, 3.8) is 0 Å². The van der Waals surface area contributed by atoms with Crippen LogP contribution < -0.4 is 10.6 Å². The molecule has 4 amide bonds. The van der Waals surface area contributed by atoms with Crippen LogP contribution in [0, 0.1) is 25.7 Å². The number of methoxy groups -OCH3 is 2. The summed E-state index contributed by atoms with van der Waals surface area (Å²) >= 11 is 0. The molecule has 0 spiro atoms. The van der Waals surface area contributed by atoms with Crippen LogP contribution in [0.5, 0.6) is 0 Å². The maximum absolute atomic E-state index is 13.7. The van der Waals surface area contributed by atoms with Gasteiger partial charge in [-0.3, -0.25) is 9.59 Å². The van der Waals surface area contributed by atoms with Gasteiger partial charge >= 0.3 is 12.2 Å². The summed E-state index contributed by atoms with van der Waals surface area (Å²) in [7, 11) is 2.59. The third-order valence-electron chi connectivity index (χ3n) is 11.7. The highest BCUT2D eigenvalue weighted by molar-refractivity contribution is 5.89. The lowest BCUT2D eigenvalue weighted by atomic mass is 9.91. The SMILES string of the molecule is COC(=O)N[C@H](C(=O)N1CCCC1c1nc2cc(-c3cc(C)c(-c4ccc5[nH]c([C@@H]6CCCN6C(=O)[C@@H](NC(=O)OC)C(C)C)nc5c4)cc3C)ccc2[nH]1)C(C)C. The van der Waals surface area contributed by atoms with Crippen LogP contribution in [0.2, 0.25) is 0 Å². The van der Waals surface area contributed by atoms with Gasteiger partial charge in [0.1, 0.15) is 23.7 Å². The number of rotatable bonds is 10. The maximum Gasteiger partial charge on any atom is 0.407 e. The van der Waals surface area contributed by atoms with Gasteiger partial charge in [0.2, 0.25) is 11.8 Å². The fourth-order valence-electron chi connectivity index (χ4n) is 8.53. The minimum absolute atomic E-state index is 0.111. The lowest BCUT2D eigenvalue weighted by molar-refractivity contribution is -0.136. The van der Waals surface area contributed by atoms with Gasteiger partial charge in [0.25, 0.3) is 0 Å². The van der Waals surface area contributed by atoms with Crippen molar-refractivity contribution in [2.45, 2.75) is 91.4 Å². The van der Waals surface area contributed by atoms with Crippen LogP contribution in [0.3, 0.4) is 0 Å². The van der Waals surface area contributed by atoms with E-state index in [1.165, 1.54) is 14.2 Å². The quantitative estimate of drug-likeness (QED) is 0.113. The number of likely N-dealkylation sites (tertiary alicyclic amines) is 2. The summed E-state index contributed by atoms with van der Waals surface area (Å²) in [6, 6.07) is 15.1. The molecule has 4 atom stereocenters. The Kier molecular flexibility index (Phi) is 11.5. The molecule has 306 valence electrons. The number of aromatic nitrogens is 4. The third-order valence-corrected chi connectivity index (χ3v) is 11.7. The highest BCUT2D eigenvalue weighted by Crippen LogP contribution is 2.37. The number of hydrogen-bond acceptors (Lipinski definition) is 8. The zero-order valence-corrected chi connectivity index (χ0v) is 34.6. The van der Waals surface area contributed by atoms with E-state index in [2.05, 4.69) is 70.8 Å². The first-order chi connectivity index (χ1) is 27.8. The average molecular weight is 791 g/mol. The maximum atomic E-state index is 13.7. The molecule has 4 N–H and O–H groups in total. The van der Waals surface area contributed by atoms with E-state index in [-0.39, 0.29) is 35.7 Å². The van der Waals surface area contributed by atoms with Crippen LogP contribution in [0.1, 0.15) is 88.2 Å². The van der Waals surface area contributed by atoms with Crippen molar-refractivity contribution in [3.05, 3.63) is 71.3 Å². The van der Waals surface area contributed by atoms with E-state index >= 15 is 0 Å². The van der Waals surface area contributed by atoms with E-state index in [1.807, 2.05) is 49.6 Å². The predicted octanol–water partition coefficient (Wildman–Crippen LogP) is 7.48. The van der Waals surface area contributed by atoms with E-state index in [9.17, 15) is 19.2 Å². The molecule has 2 fully saturated rings. The number of aromatic amines is 2. The van der Waals surface area contributed by atoms with Crippen molar-refractivity contribution in [2.75, 3.05) is 27.3 Å². The van der Waals surface area contributed by atoms with Crippen LogP contribution in [0.4, 0.5) is 9.59 Å². The first-order valence-corrected chi connectivity index (χ1v) is 20.2. The number of imidazole rings is 2. The fourth-order valence-corrected chi connectivity index (χ4v) is 8.53. The monoisotopic (exact) mass is 790 g/mol. The van der Waals surface area contributed by atoms with Crippen molar-refractivity contribution >= 4 is 46.1 Å². The molecule has 0 saturated carbocycles. The molecule has 5 aromatic rings. The van der Waals surface area contributed by atoms with E-state index in [0.717, 1.165) is 92.8 Å². The Hall–Kier alpha value is -5.92. The molecule has 0 radical (unpaired) electrons. The summed E-state index contributed by atoms with van der Waals surface area (Å²) in [6.45, 7) is 13.0. The van der Waals surface area contributed by atoms with Gasteiger partial charge in [-0.15, -0.1) is 0 Å². The molecule has 7 rings (SSSR count). The summed E-state index contributed by atoms with van der Waals surface area (Å²) in [4.78, 5) is 72.0. The predicted molar refractivity (Wildman–Crippen MR) is 222 cm³/mol. The molecule has 4 heterocycles. The number of benzene rings is 3. The van der Waals surface area contributed by atoms with Gasteiger partial charge < -0.3 is 39.9 Å². The standard InChI is InChI=1S/C44H54N8O6/c1-23(2)37(49-43(55)57-7)41(53)51-17-9-11-35(51)39-45-31-15-13-27(21-33(31)47-39)29-19-26(6)30(20-25(29)5)28-14-16-32-34(22-28)48-40(46-32)36-12-10-18-52(36)42(54)38(24(3)4)50-44(56)58-8/h13-16,19-24,35-38H,9-12,17-18H2,1-8H3,(H,45,47)(H,46,48)(H,49,55)(H,50,56)/t35-,36?,37-,38-/m0/s1. The van der Waals surface area contributed by atoms with Gasteiger partial charge in [-0.25, -0.2) is 19.6 Å². The number of carbonyl (C=O) groups excluding carboxylic acids is 4. The Bertz CT molecular complexity index is 2200. The molecule has 2 aliphatic rings. The van der Waals surface area contributed by atoms with Crippen molar-refractivity contribution in [1.82, 2.24) is 40.4 Å².